The summed E-state index contributed by atoms with van der Waals surface area (Å²) >= 11 is 0. The third-order valence-electron chi connectivity index (χ3n) is 3.16. The second-order valence-corrected chi connectivity index (χ2v) is 5.62. The van der Waals surface area contributed by atoms with E-state index in [1.807, 2.05) is 23.8 Å². The van der Waals surface area contributed by atoms with E-state index in [1.54, 1.807) is 0 Å². The molecule has 1 rings (SSSR count). The maximum atomic E-state index is 12.0. The summed E-state index contributed by atoms with van der Waals surface area (Å²) in [5.74, 6) is -0.145. The van der Waals surface area contributed by atoms with E-state index in [2.05, 4.69) is 18.9 Å². The van der Waals surface area contributed by atoms with Gasteiger partial charge in [0.25, 0.3) is 0 Å². The molecule has 1 aromatic heterocycles. The molecule has 0 saturated heterocycles. The van der Waals surface area contributed by atoms with E-state index in [4.69, 9.17) is 0 Å². The molecule has 0 bridgehead atoms. The maximum absolute atomic E-state index is 12.0. The van der Waals surface area contributed by atoms with Crippen molar-refractivity contribution < 1.29 is 18.0 Å². The van der Waals surface area contributed by atoms with E-state index in [0.717, 1.165) is 23.5 Å². The number of rotatable bonds is 6. The van der Waals surface area contributed by atoms with Crippen LogP contribution in [0.2, 0.25) is 0 Å². The SMILES string of the molecule is Cc1nn(CC(C)C)c(C)c1CCC(=O)NCC(F)(F)F. The summed E-state index contributed by atoms with van der Waals surface area (Å²) in [7, 11) is 0. The third-order valence-corrected chi connectivity index (χ3v) is 3.16. The second-order valence-electron chi connectivity index (χ2n) is 5.62. The van der Waals surface area contributed by atoms with Crippen LogP contribution in [0, 0.1) is 19.8 Å². The molecule has 1 amide bonds. The molecule has 0 unspecified atom stereocenters. The topological polar surface area (TPSA) is 46.9 Å². The number of hydrogen-bond acceptors (Lipinski definition) is 2. The average Bonchev–Trinajstić information content (AvgIpc) is 2.58. The summed E-state index contributed by atoms with van der Waals surface area (Å²) in [6, 6.07) is 0. The first-order valence-corrected chi connectivity index (χ1v) is 6.96. The number of amides is 1. The van der Waals surface area contributed by atoms with Gasteiger partial charge in [-0.3, -0.25) is 9.48 Å². The Morgan fingerprint density at radius 3 is 2.48 bits per heavy atom. The fraction of sp³-hybridized carbons (Fsp3) is 0.714. The average molecular weight is 305 g/mol. The minimum Gasteiger partial charge on any atom is -0.347 e. The van der Waals surface area contributed by atoms with Crippen LogP contribution >= 0.6 is 0 Å². The molecule has 1 heterocycles. The van der Waals surface area contributed by atoms with Gasteiger partial charge in [-0.2, -0.15) is 18.3 Å². The van der Waals surface area contributed by atoms with Crippen molar-refractivity contribution in [3.8, 4) is 0 Å². The molecular weight excluding hydrogens is 283 g/mol. The van der Waals surface area contributed by atoms with Gasteiger partial charge in [-0.25, -0.2) is 0 Å². The number of carbonyl (C=O) groups is 1. The van der Waals surface area contributed by atoms with E-state index in [1.165, 1.54) is 0 Å². The molecule has 0 atom stereocenters. The Bertz CT molecular complexity index is 492. The summed E-state index contributed by atoms with van der Waals surface area (Å²) in [5.41, 5.74) is 2.75. The van der Waals surface area contributed by atoms with Crippen LogP contribution in [-0.2, 0) is 17.8 Å². The van der Waals surface area contributed by atoms with Crippen molar-refractivity contribution >= 4 is 5.91 Å². The summed E-state index contributed by atoms with van der Waals surface area (Å²) in [5, 5.41) is 6.30. The van der Waals surface area contributed by atoms with Crippen LogP contribution in [0.15, 0.2) is 0 Å². The number of aromatic nitrogens is 2. The van der Waals surface area contributed by atoms with Crippen molar-refractivity contribution in [2.45, 2.75) is 53.3 Å². The highest BCUT2D eigenvalue weighted by molar-refractivity contribution is 5.76. The van der Waals surface area contributed by atoms with Crippen LogP contribution < -0.4 is 5.32 Å². The smallest absolute Gasteiger partial charge is 0.347 e. The lowest BCUT2D eigenvalue weighted by molar-refractivity contribution is -0.138. The highest BCUT2D eigenvalue weighted by Crippen LogP contribution is 2.17. The molecule has 0 saturated carbocycles. The number of nitrogens with one attached hydrogen (secondary N) is 1. The number of aryl methyl sites for hydroxylation is 1. The summed E-state index contributed by atoms with van der Waals surface area (Å²) in [6.07, 6.45) is -3.94. The Balaban J connectivity index is 2.59. The van der Waals surface area contributed by atoms with Crippen LogP contribution in [0.5, 0.6) is 0 Å². The monoisotopic (exact) mass is 305 g/mol. The second kappa shape index (κ2) is 6.95. The first-order valence-electron chi connectivity index (χ1n) is 6.96. The molecule has 0 aromatic carbocycles. The summed E-state index contributed by atoms with van der Waals surface area (Å²) in [4.78, 5) is 11.4. The highest BCUT2D eigenvalue weighted by atomic mass is 19.4. The molecule has 21 heavy (non-hydrogen) atoms. The fourth-order valence-corrected chi connectivity index (χ4v) is 2.15. The van der Waals surface area contributed by atoms with Crippen LogP contribution in [0.4, 0.5) is 13.2 Å². The van der Waals surface area contributed by atoms with Gasteiger partial charge in [0.05, 0.1) is 5.69 Å². The molecule has 1 aromatic rings. The zero-order valence-electron chi connectivity index (χ0n) is 12.8. The fourth-order valence-electron chi connectivity index (χ4n) is 2.15. The van der Waals surface area contributed by atoms with E-state index in [-0.39, 0.29) is 6.42 Å². The lowest BCUT2D eigenvalue weighted by Gasteiger charge is -2.09. The van der Waals surface area contributed by atoms with Gasteiger partial charge >= 0.3 is 6.18 Å². The number of alkyl halides is 3. The Morgan fingerprint density at radius 1 is 1.33 bits per heavy atom. The zero-order valence-corrected chi connectivity index (χ0v) is 12.8. The molecule has 120 valence electrons. The van der Waals surface area contributed by atoms with E-state index in [9.17, 15) is 18.0 Å². The van der Waals surface area contributed by atoms with Gasteiger partial charge in [0.1, 0.15) is 6.54 Å². The molecule has 1 N–H and O–H groups in total. The lowest BCUT2D eigenvalue weighted by Crippen LogP contribution is -2.33. The van der Waals surface area contributed by atoms with Crippen molar-refractivity contribution in [2.24, 2.45) is 5.92 Å². The summed E-state index contributed by atoms with van der Waals surface area (Å²) < 4.78 is 37.9. The van der Waals surface area contributed by atoms with Crippen molar-refractivity contribution in [1.29, 1.82) is 0 Å². The lowest BCUT2D eigenvalue weighted by atomic mass is 10.1. The van der Waals surface area contributed by atoms with E-state index in [0.29, 0.717) is 12.3 Å². The molecule has 0 aliphatic heterocycles. The third kappa shape index (κ3) is 5.77. The molecule has 0 aliphatic carbocycles. The van der Waals surface area contributed by atoms with Gasteiger partial charge < -0.3 is 5.32 Å². The van der Waals surface area contributed by atoms with E-state index >= 15 is 0 Å². The standard InChI is InChI=1S/C14H22F3N3O/c1-9(2)7-20-11(4)12(10(3)19-20)5-6-13(21)18-8-14(15,16)17/h9H,5-8H2,1-4H3,(H,18,21). The minimum atomic E-state index is -4.37. The predicted molar refractivity (Wildman–Crippen MR) is 73.9 cm³/mol. The molecule has 7 heteroatoms. The molecule has 0 aliphatic rings. The molecule has 0 radical (unpaired) electrons. The van der Waals surface area contributed by atoms with Crippen LogP contribution in [0.25, 0.3) is 0 Å². The van der Waals surface area contributed by atoms with Crippen molar-refractivity contribution in [2.75, 3.05) is 6.54 Å². The molecule has 0 fully saturated rings. The molecule has 0 spiro atoms. The maximum Gasteiger partial charge on any atom is 0.405 e. The zero-order chi connectivity index (χ0) is 16.2. The highest BCUT2D eigenvalue weighted by Gasteiger charge is 2.27. The Morgan fingerprint density at radius 2 is 1.95 bits per heavy atom. The Labute approximate surface area is 122 Å². The quantitative estimate of drug-likeness (QED) is 0.878. The number of carbonyl (C=O) groups excluding carboxylic acids is 1. The van der Waals surface area contributed by atoms with Crippen molar-refractivity contribution in [3.63, 3.8) is 0 Å². The van der Waals surface area contributed by atoms with Gasteiger partial charge in [-0.1, -0.05) is 13.8 Å². The largest absolute Gasteiger partial charge is 0.405 e. The predicted octanol–water partition coefficient (Wildman–Crippen LogP) is 2.77. The van der Waals surface area contributed by atoms with Crippen molar-refractivity contribution in [1.82, 2.24) is 15.1 Å². The number of nitrogens with zero attached hydrogens (tertiary/aromatic N) is 2. The first-order chi connectivity index (χ1) is 9.60. The van der Waals surface area contributed by atoms with Crippen LogP contribution in [0.3, 0.4) is 0 Å². The van der Waals surface area contributed by atoms with Crippen LogP contribution in [-0.4, -0.2) is 28.4 Å². The van der Waals surface area contributed by atoms with Gasteiger partial charge in [0, 0.05) is 18.7 Å². The normalized spacial score (nSPS) is 12.0. The first kappa shape index (κ1) is 17.5. The van der Waals surface area contributed by atoms with Gasteiger partial charge in [-0.15, -0.1) is 0 Å². The van der Waals surface area contributed by atoms with Gasteiger partial charge in [-0.05, 0) is 31.7 Å². The number of halogens is 3. The minimum absolute atomic E-state index is 0.0329. The van der Waals surface area contributed by atoms with Gasteiger partial charge in [0.15, 0.2) is 0 Å². The Kier molecular flexibility index (Phi) is 5.80. The van der Waals surface area contributed by atoms with Gasteiger partial charge in [0.2, 0.25) is 5.91 Å². The van der Waals surface area contributed by atoms with E-state index < -0.39 is 18.6 Å². The van der Waals surface area contributed by atoms with Crippen molar-refractivity contribution in [3.05, 3.63) is 17.0 Å². The number of hydrogen-bond donors (Lipinski definition) is 1. The molecular formula is C14H22F3N3O. The molecule has 4 nitrogen and oxygen atoms in total. The summed E-state index contributed by atoms with van der Waals surface area (Å²) in [6.45, 7) is 7.45. The van der Waals surface area contributed by atoms with Crippen LogP contribution in [0.1, 0.15) is 37.2 Å². The Hall–Kier alpha value is -1.53.